The predicted octanol–water partition coefficient (Wildman–Crippen LogP) is 2.87. The molecule has 21 heavy (non-hydrogen) atoms. The van der Waals surface area contributed by atoms with E-state index in [0.29, 0.717) is 0 Å². The Morgan fingerprint density at radius 3 is 2.67 bits per heavy atom. The zero-order valence-corrected chi connectivity index (χ0v) is 12.4. The number of hydrogen-bond donors (Lipinski definition) is 0. The number of methoxy groups -OCH3 is 1. The summed E-state index contributed by atoms with van der Waals surface area (Å²) in [4.78, 5) is 11.7. The van der Waals surface area contributed by atoms with Crippen molar-refractivity contribution in [2.24, 2.45) is 0 Å². The maximum absolute atomic E-state index is 11.7. The molecule has 1 saturated heterocycles. The minimum absolute atomic E-state index is 0.170. The second-order valence-electron chi connectivity index (χ2n) is 4.83. The summed E-state index contributed by atoms with van der Waals surface area (Å²) in [6.07, 6.45) is 2.96. The van der Waals surface area contributed by atoms with Crippen molar-refractivity contribution in [2.75, 3.05) is 13.7 Å². The van der Waals surface area contributed by atoms with Crippen LogP contribution in [0.4, 0.5) is 0 Å². The zero-order valence-electron chi connectivity index (χ0n) is 12.4. The molecule has 2 atom stereocenters. The Kier molecular flexibility index (Phi) is 5.65. The lowest BCUT2D eigenvalue weighted by atomic mass is 10.00. The Morgan fingerprint density at radius 1 is 1.33 bits per heavy atom. The third kappa shape index (κ3) is 4.24. The Bertz CT molecular complexity index is 518. The molecule has 0 amide bonds. The van der Waals surface area contributed by atoms with Gasteiger partial charge in [-0.3, -0.25) is 4.79 Å². The van der Waals surface area contributed by atoms with E-state index in [0.717, 1.165) is 37.2 Å². The minimum atomic E-state index is -0.556. The molecular formula is C17H20O4. The lowest BCUT2D eigenvalue weighted by Crippen LogP contribution is -2.24. The van der Waals surface area contributed by atoms with Crippen molar-refractivity contribution in [1.82, 2.24) is 0 Å². The lowest BCUT2D eigenvalue weighted by molar-refractivity contribution is -0.140. The quantitative estimate of drug-likeness (QED) is 0.631. The molecule has 4 heteroatoms. The maximum Gasteiger partial charge on any atom is 0.325 e. The number of carbonyl (C=O) groups is 1. The summed E-state index contributed by atoms with van der Waals surface area (Å²) < 4.78 is 16.1. The Hall–Kier alpha value is -1.99. The molecule has 0 bridgehead atoms. The molecule has 0 N–H and O–H groups in total. The fraction of sp³-hybridized carbons (Fsp3) is 0.471. The average Bonchev–Trinajstić information content (AvgIpc) is 2.54. The maximum atomic E-state index is 11.7. The molecule has 1 fully saturated rings. The van der Waals surface area contributed by atoms with Crippen LogP contribution in [0.25, 0.3) is 0 Å². The van der Waals surface area contributed by atoms with Gasteiger partial charge in [0.1, 0.15) is 11.7 Å². The first-order valence-electron chi connectivity index (χ1n) is 7.13. The molecule has 1 aromatic carbocycles. The van der Waals surface area contributed by atoms with E-state index in [9.17, 15) is 4.79 Å². The van der Waals surface area contributed by atoms with Gasteiger partial charge in [0.25, 0.3) is 0 Å². The number of ether oxygens (including phenoxy) is 3. The smallest absolute Gasteiger partial charge is 0.325 e. The van der Waals surface area contributed by atoms with Crippen LogP contribution in [-0.2, 0) is 14.3 Å². The largest absolute Gasteiger partial charge is 0.468 e. The highest BCUT2D eigenvalue weighted by atomic mass is 16.7. The van der Waals surface area contributed by atoms with Crippen LogP contribution in [0.5, 0.6) is 5.75 Å². The van der Waals surface area contributed by atoms with Crippen LogP contribution in [0.2, 0.25) is 0 Å². The van der Waals surface area contributed by atoms with E-state index >= 15 is 0 Å². The van der Waals surface area contributed by atoms with Crippen molar-refractivity contribution in [2.45, 2.75) is 38.4 Å². The van der Waals surface area contributed by atoms with E-state index in [1.54, 1.807) is 6.92 Å². The van der Waals surface area contributed by atoms with E-state index in [1.165, 1.54) is 7.11 Å². The summed E-state index contributed by atoms with van der Waals surface area (Å²) in [7, 11) is 1.37. The van der Waals surface area contributed by atoms with E-state index in [1.807, 2.05) is 24.3 Å². The van der Waals surface area contributed by atoms with Gasteiger partial charge in [-0.25, -0.2) is 0 Å². The molecule has 2 rings (SSSR count). The third-order valence-electron chi connectivity index (χ3n) is 3.34. The number of benzene rings is 1. The minimum Gasteiger partial charge on any atom is -0.468 e. The Balaban J connectivity index is 2.05. The lowest BCUT2D eigenvalue weighted by Gasteiger charge is -2.23. The zero-order chi connectivity index (χ0) is 15.1. The number of carbonyl (C=O) groups excluding carboxylic acids is 1. The normalized spacial score (nSPS) is 19.0. The summed E-state index contributed by atoms with van der Waals surface area (Å²) in [6.45, 7) is 2.45. The molecule has 1 aliphatic rings. The molecular weight excluding hydrogens is 268 g/mol. The van der Waals surface area contributed by atoms with Crippen molar-refractivity contribution in [3.8, 4) is 17.6 Å². The van der Waals surface area contributed by atoms with Crippen LogP contribution < -0.4 is 4.74 Å². The molecule has 0 spiro atoms. The summed E-state index contributed by atoms with van der Waals surface area (Å²) in [5.74, 6) is 5.45. The fourth-order valence-electron chi connectivity index (χ4n) is 2.24. The highest BCUT2D eigenvalue weighted by Crippen LogP contribution is 2.23. The highest BCUT2D eigenvalue weighted by Gasteiger charge is 2.19. The first-order valence-corrected chi connectivity index (χ1v) is 7.13. The van der Waals surface area contributed by atoms with Crippen molar-refractivity contribution in [3.63, 3.8) is 0 Å². The second-order valence-corrected chi connectivity index (χ2v) is 4.83. The van der Waals surface area contributed by atoms with Gasteiger partial charge in [0.2, 0.25) is 0 Å². The van der Waals surface area contributed by atoms with Gasteiger partial charge >= 0.3 is 5.97 Å². The topological polar surface area (TPSA) is 44.8 Å². The summed E-state index contributed by atoms with van der Waals surface area (Å²) in [6, 6.07) is 7.34. The first-order chi connectivity index (χ1) is 10.2. The van der Waals surface area contributed by atoms with E-state index in [4.69, 9.17) is 14.2 Å². The van der Waals surface area contributed by atoms with Gasteiger partial charge in [-0.2, -0.15) is 0 Å². The first kappa shape index (κ1) is 15.4. The van der Waals surface area contributed by atoms with Crippen LogP contribution in [0.15, 0.2) is 24.3 Å². The van der Waals surface area contributed by atoms with Gasteiger partial charge in [-0.15, -0.1) is 5.92 Å². The molecule has 1 heterocycles. The van der Waals surface area contributed by atoms with Crippen LogP contribution in [0.1, 0.15) is 37.7 Å². The Labute approximate surface area is 125 Å². The molecule has 112 valence electrons. The SMILES string of the molecule is CC#C[C@@H](C(=O)OC)c1ccc(OC2CCCCO2)cc1. The number of esters is 1. The van der Waals surface area contributed by atoms with E-state index in [2.05, 4.69) is 11.8 Å². The standard InChI is InChI=1S/C17H20O4/c1-3-6-15(17(18)19-2)13-8-10-14(11-9-13)21-16-7-4-5-12-20-16/h8-11,15-16H,4-5,7,12H2,1-2H3/t15-,16?/m1/s1. The summed E-state index contributed by atoms with van der Waals surface area (Å²) in [5, 5.41) is 0. The predicted molar refractivity (Wildman–Crippen MR) is 78.9 cm³/mol. The van der Waals surface area contributed by atoms with Gasteiger partial charge in [-0.05, 0) is 37.5 Å². The molecule has 1 unspecified atom stereocenters. The van der Waals surface area contributed by atoms with Gasteiger partial charge in [0.05, 0.1) is 13.7 Å². The molecule has 0 radical (unpaired) electrons. The molecule has 1 aliphatic heterocycles. The summed E-state index contributed by atoms with van der Waals surface area (Å²) in [5.41, 5.74) is 0.799. The van der Waals surface area contributed by atoms with Gasteiger partial charge in [0.15, 0.2) is 6.29 Å². The molecule has 1 aromatic rings. The van der Waals surface area contributed by atoms with Crippen molar-refractivity contribution in [1.29, 1.82) is 0 Å². The van der Waals surface area contributed by atoms with Crippen LogP contribution in [0.3, 0.4) is 0 Å². The third-order valence-corrected chi connectivity index (χ3v) is 3.34. The molecule has 0 saturated carbocycles. The molecule has 0 aromatic heterocycles. The van der Waals surface area contributed by atoms with Gasteiger partial charge in [0, 0.05) is 6.42 Å². The second kappa shape index (κ2) is 7.70. The average molecular weight is 288 g/mol. The van der Waals surface area contributed by atoms with Crippen molar-refractivity contribution < 1.29 is 19.0 Å². The van der Waals surface area contributed by atoms with Crippen molar-refractivity contribution in [3.05, 3.63) is 29.8 Å². The van der Waals surface area contributed by atoms with Crippen molar-refractivity contribution >= 4 is 5.97 Å². The highest BCUT2D eigenvalue weighted by molar-refractivity contribution is 5.81. The van der Waals surface area contributed by atoms with E-state index in [-0.39, 0.29) is 12.3 Å². The van der Waals surface area contributed by atoms with Crippen LogP contribution in [0, 0.1) is 11.8 Å². The monoisotopic (exact) mass is 288 g/mol. The fourth-order valence-corrected chi connectivity index (χ4v) is 2.24. The summed E-state index contributed by atoms with van der Waals surface area (Å²) >= 11 is 0. The van der Waals surface area contributed by atoms with Gasteiger partial charge in [-0.1, -0.05) is 18.1 Å². The van der Waals surface area contributed by atoms with Crippen LogP contribution >= 0.6 is 0 Å². The number of hydrogen-bond acceptors (Lipinski definition) is 4. The Morgan fingerprint density at radius 2 is 2.10 bits per heavy atom. The van der Waals surface area contributed by atoms with Crippen LogP contribution in [-0.4, -0.2) is 26.0 Å². The van der Waals surface area contributed by atoms with E-state index < -0.39 is 5.92 Å². The molecule has 0 aliphatic carbocycles. The number of rotatable bonds is 4. The van der Waals surface area contributed by atoms with Gasteiger partial charge < -0.3 is 14.2 Å². The molecule has 4 nitrogen and oxygen atoms in total.